The molecular weight excluding hydrogens is 386 g/mol. The van der Waals surface area contributed by atoms with Crippen molar-refractivity contribution in [3.05, 3.63) is 92.8 Å². The zero-order valence-electron chi connectivity index (χ0n) is 16.0. The summed E-state index contributed by atoms with van der Waals surface area (Å²) in [6.07, 6.45) is 1.69. The molecule has 1 amide bonds. The first-order valence-electron chi connectivity index (χ1n) is 9.07. The van der Waals surface area contributed by atoms with Crippen molar-refractivity contribution in [2.75, 3.05) is 5.32 Å². The molecule has 0 fully saturated rings. The van der Waals surface area contributed by atoms with E-state index in [-0.39, 0.29) is 18.1 Å². The maximum absolute atomic E-state index is 12.6. The predicted molar refractivity (Wildman–Crippen MR) is 114 cm³/mol. The number of thiazole rings is 1. The van der Waals surface area contributed by atoms with E-state index in [0.717, 1.165) is 11.1 Å². The van der Waals surface area contributed by atoms with Gasteiger partial charge in [-0.3, -0.25) is 14.0 Å². The summed E-state index contributed by atoms with van der Waals surface area (Å²) in [6.45, 7) is 4.01. The van der Waals surface area contributed by atoms with E-state index in [1.165, 1.54) is 21.8 Å². The number of hydrogen-bond donors (Lipinski definition) is 1. The number of amides is 1. The van der Waals surface area contributed by atoms with Crippen molar-refractivity contribution < 1.29 is 9.53 Å². The number of hydrogen-bond acceptors (Lipinski definition) is 5. The number of anilines is 1. The van der Waals surface area contributed by atoms with Crippen LogP contribution in [0.1, 0.15) is 27.2 Å². The van der Waals surface area contributed by atoms with Crippen LogP contribution in [0, 0.1) is 13.8 Å². The van der Waals surface area contributed by atoms with E-state index in [4.69, 9.17) is 4.74 Å². The van der Waals surface area contributed by atoms with Gasteiger partial charge in [-0.25, -0.2) is 4.98 Å². The summed E-state index contributed by atoms with van der Waals surface area (Å²) in [7, 11) is 0. The van der Waals surface area contributed by atoms with E-state index in [0.29, 0.717) is 27.7 Å². The molecule has 2 aromatic carbocycles. The molecule has 0 aliphatic heterocycles. The lowest BCUT2D eigenvalue weighted by Gasteiger charge is -2.13. The van der Waals surface area contributed by atoms with Crippen LogP contribution in [0.15, 0.2) is 64.9 Å². The second kappa shape index (κ2) is 7.89. The summed E-state index contributed by atoms with van der Waals surface area (Å²) >= 11 is 1.39. The summed E-state index contributed by atoms with van der Waals surface area (Å²) in [5, 5.41) is 4.73. The normalized spacial score (nSPS) is 10.8. The minimum Gasteiger partial charge on any atom is -0.485 e. The maximum atomic E-state index is 12.6. The Labute approximate surface area is 171 Å². The lowest BCUT2D eigenvalue weighted by molar-refractivity contribution is 0.102. The number of ether oxygens (including phenoxy) is 1. The Morgan fingerprint density at radius 2 is 1.97 bits per heavy atom. The molecule has 0 aliphatic rings. The molecule has 2 heterocycles. The van der Waals surface area contributed by atoms with E-state index >= 15 is 0 Å². The fourth-order valence-electron chi connectivity index (χ4n) is 2.96. The molecule has 6 nitrogen and oxygen atoms in total. The summed E-state index contributed by atoms with van der Waals surface area (Å²) < 4.78 is 7.39. The number of nitrogens with one attached hydrogen (secondary N) is 1. The van der Waals surface area contributed by atoms with Gasteiger partial charge in [-0.1, -0.05) is 23.8 Å². The van der Waals surface area contributed by atoms with Gasteiger partial charge in [0, 0.05) is 23.2 Å². The van der Waals surface area contributed by atoms with Crippen molar-refractivity contribution in [3.63, 3.8) is 0 Å². The summed E-state index contributed by atoms with van der Waals surface area (Å²) in [6, 6.07) is 14.4. The number of benzene rings is 2. The van der Waals surface area contributed by atoms with E-state index < -0.39 is 0 Å². The Bertz CT molecular complexity index is 1260. The van der Waals surface area contributed by atoms with Gasteiger partial charge in [-0.05, 0) is 43.7 Å². The molecule has 0 unspecified atom stereocenters. The molecule has 29 heavy (non-hydrogen) atoms. The Hall–Kier alpha value is -3.45. The van der Waals surface area contributed by atoms with Gasteiger partial charge >= 0.3 is 0 Å². The van der Waals surface area contributed by atoms with E-state index in [9.17, 15) is 9.59 Å². The Balaban J connectivity index is 1.56. The summed E-state index contributed by atoms with van der Waals surface area (Å²) in [5.74, 6) is 0.310. The molecule has 0 spiro atoms. The number of rotatable bonds is 5. The summed E-state index contributed by atoms with van der Waals surface area (Å²) in [4.78, 5) is 29.8. The van der Waals surface area contributed by atoms with Crippen LogP contribution in [0.3, 0.4) is 0 Å². The highest BCUT2D eigenvalue weighted by Gasteiger charge is 2.12. The van der Waals surface area contributed by atoms with Gasteiger partial charge in [-0.15, -0.1) is 11.3 Å². The topological polar surface area (TPSA) is 72.7 Å². The van der Waals surface area contributed by atoms with Gasteiger partial charge in [0.1, 0.15) is 12.4 Å². The molecule has 4 rings (SSSR count). The van der Waals surface area contributed by atoms with Gasteiger partial charge in [0.05, 0.1) is 11.4 Å². The molecular formula is C22H19N3O3S. The van der Waals surface area contributed by atoms with Crippen LogP contribution in [-0.4, -0.2) is 15.3 Å². The van der Waals surface area contributed by atoms with Crippen LogP contribution in [-0.2, 0) is 6.61 Å². The highest BCUT2D eigenvalue weighted by atomic mass is 32.1. The molecule has 4 aromatic rings. The molecule has 1 N–H and O–H groups in total. The average molecular weight is 405 g/mol. The van der Waals surface area contributed by atoms with Crippen molar-refractivity contribution in [1.29, 1.82) is 0 Å². The highest BCUT2D eigenvalue weighted by Crippen LogP contribution is 2.27. The first-order chi connectivity index (χ1) is 14.0. The van der Waals surface area contributed by atoms with Crippen molar-refractivity contribution >= 4 is 27.9 Å². The largest absolute Gasteiger partial charge is 0.485 e. The Morgan fingerprint density at radius 3 is 2.79 bits per heavy atom. The number of carbonyl (C=O) groups is 1. The van der Waals surface area contributed by atoms with Crippen molar-refractivity contribution in [2.45, 2.75) is 20.5 Å². The van der Waals surface area contributed by atoms with Crippen LogP contribution in [0.4, 0.5) is 5.69 Å². The van der Waals surface area contributed by atoms with Gasteiger partial charge < -0.3 is 10.1 Å². The zero-order chi connectivity index (χ0) is 20.4. The van der Waals surface area contributed by atoms with Crippen LogP contribution < -0.4 is 15.6 Å². The van der Waals surface area contributed by atoms with Gasteiger partial charge in [0.15, 0.2) is 4.96 Å². The minimum absolute atomic E-state index is 0.125. The third-order valence-corrected chi connectivity index (χ3v) is 5.15. The molecule has 0 aliphatic carbocycles. The summed E-state index contributed by atoms with van der Waals surface area (Å²) in [5.41, 5.74) is 3.55. The van der Waals surface area contributed by atoms with Gasteiger partial charge in [0.25, 0.3) is 11.5 Å². The number of carbonyl (C=O) groups excluding carboxylic acids is 1. The van der Waals surface area contributed by atoms with E-state index in [1.807, 2.05) is 49.6 Å². The molecule has 146 valence electrons. The highest BCUT2D eigenvalue weighted by molar-refractivity contribution is 7.15. The first kappa shape index (κ1) is 18.9. The monoisotopic (exact) mass is 405 g/mol. The molecule has 0 radical (unpaired) electrons. The minimum atomic E-state index is -0.208. The molecule has 0 bridgehead atoms. The second-order valence-corrected chi connectivity index (χ2v) is 7.63. The SMILES string of the molecule is Cc1cccc(C(=O)Nc2cc(C)ccc2OCc2cc(=O)n3ccsc3n2)c1. The molecule has 0 atom stereocenters. The van der Waals surface area contributed by atoms with E-state index in [2.05, 4.69) is 10.3 Å². The second-order valence-electron chi connectivity index (χ2n) is 6.75. The molecule has 0 saturated heterocycles. The van der Waals surface area contributed by atoms with Crippen LogP contribution in [0.25, 0.3) is 4.96 Å². The van der Waals surface area contributed by atoms with Gasteiger partial charge in [0.2, 0.25) is 0 Å². The lowest BCUT2D eigenvalue weighted by atomic mass is 10.1. The lowest BCUT2D eigenvalue weighted by Crippen LogP contribution is -2.15. The van der Waals surface area contributed by atoms with Crippen LogP contribution in [0.5, 0.6) is 5.75 Å². The molecule has 2 aromatic heterocycles. The zero-order valence-corrected chi connectivity index (χ0v) is 16.8. The predicted octanol–water partition coefficient (Wildman–Crippen LogP) is 4.20. The number of aromatic nitrogens is 2. The Kier molecular flexibility index (Phi) is 5.14. The van der Waals surface area contributed by atoms with Crippen LogP contribution >= 0.6 is 11.3 Å². The van der Waals surface area contributed by atoms with Crippen molar-refractivity contribution in [3.8, 4) is 5.75 Å². The Morgan fingerprint density at radius 1 is 1.14 bits per heavy atom. The number of fused-ring (bicyclic) bond motifs is 1. The third-order valence-electron chi connectivity index (χ3n) is 4.40. The molecule has 7 heteroatoms. The smallest absolute Gasteiger partial charge is 0.258 e. The molecule has 0 saturated carbocycles. The average Bonchev–Trinajstić information content (AvgIpc) is 3.16. The quantitative estimate of drug-likeness (QED) is 0.540. The fraction of sp³-hybridized carbons (Fsp3) is 0.136. The van der Waals surface area contributed by atoms with Crippen molar-refractivity contribution in [2.24, 2.45) is 0 Å². The number of nitrogens with zero attached hydrogens (tertiary/aromatic N) is 2. The third kappa shape index (κ3) is 4.20. The maximum Gasteiger partial charge on any atom is 0.258 e. The number of aryl methyl sites for hydroxylation is 2. The van der Waals surface area contributed by atoms with E-state index in [1.54, 1.807) is 18.3 Å². The van der Waals surface area contributed by atoms with Crippen LogP contribution in [0.2, 0.25) is 0 Å². The first-order valence-corrected chi connectivity index (χ1v) is 9.95. The van der Waals surface area contributed by atoms with Crippen molar-refractivity contribution in [1.82, 2.24) is 9.38 Å². The fourth-order valence-corrected chi connectivity index (χ4v) is 3.70. The standard InChI is InChI=1S/C22H19N3O3S/c1-14-4-3-5-16(10-14)21(27)24-18-11-15(2)6-7-19(18)28-13-17-12-20(26)25-8-9-29-22(25)23-17/h3-12H,13H2,1-2H3,(H,24,27). The van der Waals surface area contributed by atoms with Gasteiger partial charge in [-0.2, -0.15) is 0 Å².